The van der Waals surface area contributed by atoms with Crippen molar-refractivity contribution in [3.05, 3.63) is 59.7 Å². The topological polar surface area (TPSA) is 98.7 Å². The van der Waals surface area contributed by atoms with Crippen molar-refractivity contribution in [3.8, 4) is 0 Å². The molecule has 3 fully saturated rings. The molecule has 3 N–H and O–H groups in total. The van der Waals surface area contributed by atoms with E-state index < -0.39 is 22.6 Å². The number of nitrogens with zero attached hydrogens (tertiary/aromatic N) is 1. The minimum absolute atomic E-state index is 0.0109. The number of aliphatic hydroxyl groups excluding tert-OH is 1. The van der Waals surface area contributed by atoms with Gasteiger partial charge in [-0.1, -0.05) is 37.3 Å². The number of aryl methyl sites for hydroxylation is 2. The molecule has 0 saturated carbocycles. The van der Waals surface area contributed by atoms with Crippen LogP contribution in [0.25, 0.3) is 0 Å². The highest BCUT2D eigenvalue weighted by Gasteiger charge is 2.75. The Bertz CT molecular complexity index is 1200. The average molecular weight is 522 g/mol. The van der Waals surface area contributed by atoms with Crippen LogP contribution in [0.2, 0.25) is 0 Å². The van der Waals surface area contributed by atoms with Crippen LogP contribution in [0.5, 0.6) is 0 Å². The minimum Gasteiger partial charge on any atom is -0.396 e. The molecule has 0 aliphatic carbocycles. The number of benzene rings is 2. The molecule has 3 aliphatic heterocycles. The Hall–Kier alpha value is -2.84. The van der Waals surface area contributed by atoms with Gasteiger partial charge in [-0.05, 0) is 68.4 Å². The van der Waals surface area contributed by atoms with Gasteiger partial charge in [-0.15, -0.1) is 11.8 Å². The molecule has 3 unspecified atom stereocenters. The van der Waals surface area contributed by atoms with Gasteiger partial charge in [0.15, 0.2) is 0 Å². The predicted molar refractivity (Wildman–Crippen MR) is 146 cm³/mol. The lowest BCUT2D eigenvalue weighted by Gasteiger charge is -2.38. The fourth-order valence-corrected chi connectivity index (χ4v) is 9.00. The number of carbonyl (C=O) groups excluding carboxylic acids is 3. The number of nitrogens with one attached hydrogen (secondary N) is 2. The predicted octanol–water partition coefficient (Wildman–Crippen LogP) is 3.99. The highest BCUT2D eigenvalue weighted by atomic mass is 32.2. The second-order valence-electron chi connectivity index (χ2n) is 10.7. The van der Waals surface area contributed by atoms with Crippen LogP contribution >= 0.6 is 11.8 Å². The maximum atomic E-state index is 14.1. The summed E-state index contributed by atoms with van der Waals surface area (Å²) in [6.45, 7) is 6.47. The maximum Gasteiger partial charge on any atom is 0.248 e. The summed E-state index contributed by atoms with van der Waals surface area (Å²) in [4.78, 5) is 43.4. The van der Waals surface area contributed by atoms with Crippen LogP contribution in [0.1, 0.15) is 37.3 Å². The van der Waals surface area contributed by atoms with E-state index in [-0.39, 0.29) is 35.5 Å². The quantitative estimate of drug-likeness (QED) is 0.457. The highest BCUT2D eigenvalue weighted by Crippen LogP contribution is 2.68. The van der Waals surface area contributed by atoms with E-state index in [4.69, 9.17) is 0 Å². The molecule has 8 heteroatoms. The van der Waals surface area contributed by atoms with Gasteiger partial charge < -0.3 is 20.6 Å². The molecule has 0 aromatic heterocycles. The van der Waals surface area contributed by atoms with E-state index in [9.17, 15) is 19.5 Å². The number of amides is 3. The zero-order valence-electron chi connectivity index (χ0n) is 21.6. The lowest BCUT2D eigenvalue weighted by atomic mass is 9.66. The Morgan fingerprint density at radius 2 is 1.84 bits per heavy atom. The molecule has 2 bridgehead atoms. The zero-order valence-corrected chi connectivity index (χ0v) is 22.4. The van der Waals surface area contributed by atoms with E-state index in [2.05, 4.69) is 17.6 Å². The molecule has 0 radical (unpaired) electrons. The SMILES string of the molecule is Cc1ccc(C)c(NC(=O)C2N(CCCCO)C(=O)[C@@H]3[C@@H](C(=O)Nc4ccccc4)[C@H]4CC(C)C23S4)c1. The van der Waals surface area contributed by atoms with E-state index in [1.807, 2.05) is 62.4 Å². The Kier molecular flexibility index (Phi) is 7.07. The second kappa shape index (κ2) is 10.1. The van der Waals surface area contributed by atoms with E-state index in [1.165, 1.54) is 0 Å². The van der Waals surface area contributed by atoms with Crippen molar-refractivity contribution >= 4 is 40.9 Å². The molecular formula is C29H35N3O4S. The summed E-state index contributed by atoms with van der Waals surface area (Å²) in [7, 11) is 0. The van der Waals surface area contributed by atoms with Crippen LogP contribution in [0.3, 0.4) is 0 Å². The molecule has 3 saturated heterocycles. The van der Waals surface area contributed by atoms with Crippen molar-refractivity contribution < 1.29 is 19.5 Å². The first-order valence-electron chi connectivity index (χ1n) is 13.1. The fourth-order valence-electron chi connectivity index (χ4n) is 6.57. The third-order valence-electron chi connectivity index (χ3n) is 8.30. The van der Waals surface area contributed by atoms with Gasteiger partial charge in [0.05, 0.1) is 16.6 Å². The molecule has 2 aromatic rings. The minimum atomic E-state index is -0.678. The van der Waals surface area contributed by atoms with Crippen molar-refractivity contribution in [2.45, 2.75) is 56.1 Å². The Morgan fingerprint density at radius 3 is 2.57 bits per heavy atom. The molecule has 196 valence electrons. The molecule has 6 atom stereocenters. The molecule has 1 spiro atoms. The van der Waals surface area contributed by atoms with Crippen molar-refractivity contribution in [1.29, 1.82) is 0 Å². The first-order chi connectivity index (χ1) is 17.8. The van der Waals surface area contributed by atoms with Gasteiger partial charge in [0.2, 0.25) is 17.7 Å². The number of fused-ring (bicyclic) bond motifs is 1. The van der Waals surface area contributed by atoms with Crippen LogP contribution in [-0.4, -0.2) is 56.9 Å². The summed E-state index contributed by atoms with van der Waals surface area (Å²) in [6.07, 6.45) is 1.94. The molecule has 3 amide bonds. The van der Waals surface area contributed by atoms with E-state index in [0.717, 1.165) is 23.2 Å². The third-order valence-corrected chi connectivity index (χ3v) is 10.4. The molecule has 37 heavy (non-hydrogen) atoms. The van der Waals surface area contributed by atoms with Gasteiger partial charge in [-0.25, -0.2) is 0 Å². The van der Waals surface area contributed by atoms with Gasteiger partial charge in [-0.3, -0.25) is 14.4 Å². The van der Waals surface area contributed by atoms with Crippen molar-refractivity contribution in [3.63, 3.8) is 0 Å². The van der Waals surface area contributed by atoms with Crippen LogP contribution in [0, 0.1) is 31.6 Å². The highest BCUT2D eigenvalue weighted by molar-refractivity contribution is 8.02. The number of anilines is 2. The lowest BCUT2D eigenvalue weighted by molar-refractivity contribution is -0.138. The van der Waals surface area contributed by atoms with Crippen LogP contribution in [0.4, 0.5) is 11.4 Å². The Balaban J connectivity index is 1.50. The van der Waals surface area contributed by atoms with Crippen molar-refractivity contribution in [2.75, 3.05) is 23.8 Å². The molecule has 3 heterocycles. The number of unbranched alkanes of at least 4 members (excludes halogenated alkanes) is 1. The Labute approximate surface area is 222 Å². The molecule has 2 aromatic carbocycles. The average Bonchev–Trinajstić information content (AvgIpc) is 3.46. The second-order valence-corrected chi connectivity index (χ2v) is 12.2. The normalized spacial score (nSPS) is 29.9. The first-order valence-corrected chi connectivity index (χ1v) is 14.0. The number of para-hydroxylation sites is 1. The van der Waals surface area contributed by atoms with Crippen molar-refractivity contribution in [2.24, 2.45) is 17.8 Å². The molecular weight excluding hydrogens is 486 g/mol. The van der Waals surface area contributed by atoms with Crippen LogP contribution in [0.15, 0.2) is 48.5 Å². The van der Waals surface area contributed by atoms with Gasteiger partial charge in [0.25, 0.3) is 0 Å². The number of likely N-dealkylation sites (tertiary alicyclic amines) is 1. The number of rotatable bonds is 8. The van der Waals surface area contributed by atoms with Crippen LogP contribution in [-0.2, 0) is 14.4 Å². The van der Waals surface area contributed by atoms with Crippen molar-refractivity contribution in [1.82, 2.24) is 4.90 Å². The molecule has 7 nitrogen and oxygen atoms in total. The van der Waals surface area contributed by atoms with E-state index in [0.29, 0.717) is 25.1 Å². The number of aliphatic hydroxyl groups is 1. The smallest absolute Gasteiger partial charge is 0.248 e. The number of thioether (sulfide) groups is 1. The van der Waals surface area contributed by atoms with E-state index >= 15 is 0 Å². The monoisotopic (exact) mass is 521 g/mol. The molecule has 5 rings (SSSR count). The summed E-state index contributed by atoms with van der Waals surface area (Å²) in [5.41, 5.74) is 3.45. The summed E-state index contributed by atoms with van der Waals surface area (Å²) >= 11 is 1.67. The number of carbonyl (C=O) groups is 3. The van der Waals surface area contributed by atoms with Crippen LogP contribution < -0.4 is 10.6 Å². The summed E-state index contributed by atoms with van der Waals surface area (Å²) in [6, 6.07) is 14.6. The van der Waals surface area contributed by atoms with Gasteiger partial charge in [0.1, 0.15) is 6.04 Å². The largest absolute Gasteiger partial charge is 0.396 e. The zero-order chi connectivity index (χ0) is 26.3. The number of hydrogen-bond acceptors (Lipinski definition) is 5. The van der Waals surface area contributed by atoms with E-state index in [1.54, 1.807) is 16.7 Å². The third kappa shape index (κ3) is 4.34. The molecule has 3 aliphatic rings. The number of hydrogen-bond donors (Lipinski definition) is 3. The fraction of sp³-hybridized carbons (Fsp3) is 0.483. The maximum absolute atomic E-state index is 14.1. The van der Waals surface area contributed by atoms with Gasteiger partial charge >= 0.3 is 0 Å². The standard InChI is InChI=1S/C29H35N3O4S/c1-17-11-12-18(2)21(15-17)31-27(35)25-29-19(3)16-22(37-29)23(26(34)30-20-9-5-4-6-10-20)24(29)28(36)32(25)13-7-8-14-33/h4-6,9-12,15,19,22-25,33H,7-8,13-14,16H2,1-3H3,(H,30,34)(H,31,35)/t19?,22-,23+,24+,25?,29?/m1/s1. The van der Waals surface area contributed by atoms with Gasteiger partial charge in [0, 0.05) is 29.8 Å². The summed E-state index contributed by atoms with van der Waals surface area (Å²) in [5, 5.41) is 15.5. The summed E-state index contributed by atoms with van der Waals surface area (Å²) in [5.74, 6) is -1.41. The summed E-state index contributed by atoms with van der Waals surface area (Å²) < 4.78 is -0.665. The lowest BCUT2D eigenvalue weighted by Crippen LogP contribution is -2.54. The Morgan fingerprint density at radius 1 is 1.08 bits per heavy atom. The van der Waals surface area contributed by atoms with Gasteiger partial charge in [-0.2, -0.15) is 0 Å². The first kappa shape index (κ1) is 25.8.